The molecule has 5 nitrogen and oxygen atoms in total. The maximum atomic E-state index is 12.5. The number of hydrogen-bond donors (Lipinski definition) is 0. The van der Waals surface area contributed by atoms with Crippen LogP contribution < -0.4 is 4.90 Å². The smallest absolute Gasteiger partial charge is 0.227 e. The molecule has 1 fully saturated rings. The molecule has 1 aromatic heterocycles. The zero-order chi connectivity index (χ0) is 17.1. The summed E-state index contributed by atoms with van der Waals surface area (Å²) in [6.45, 7) is 2.72. The predicted octanol–water partition coefficient (Wildman–Crippen LogP) is 3.17. The van der Waals surface area contributed by atoms with Crippen molar-refractivity contribution >= 4 is 17.5 Å². The summed E-state index contributed by atoms with van der Waals surface area (Å²) in [5.41, 5.74) is 1.85. The Morgan fingerprint density at radius 1 is 1.29 bits per heavy atom. The Labute approximate surface area is 141 Å². The Kier molecular flexibility index (Phi) is 4.69. The van der Waals surface area contributed by atoms with Crippen LogP contribution in [0.1, 0.15) is 37.1 Å². The van der Waals surface area contributed by atoms with Gasteiger partial charge in [-0.15, -0.1) is 0 Å². The van der Waals surface area contributed by atoms with Gasteiger partial charge in [0.05, 0.1) is 18.7 Å². The van der Waals surface area contributed by atoms with Crippen LogP contribution in [0.15, 0.2) is 47.1 Å². The summed E-state index contributed by atoms with van der Waals surface area (Å²) in [5.74, 6) is 0.975. The summed E-state index contributed by atoms with van der Waals surface area (Å²) in [6.07, 6.45) is 3.47. The average Bonchev–Trinajstić information content (AvgIpc) is 3.26. The zero-order valence-corrected chi connectivity index (χ0v) is 14.1. The van der Waals surface area contributed by atoms with E-state index in [1.54, 1.807) is 23.1 Å². The fourth-order valence-corrected chi connectivity index (χ4v) is 2.95. The fraction of sp³-hybridized carbons (Fsp3) is 0.368. The number of likely N-dealkylation sites (N-methyl/N-ethyl adjacent to an activating group) is 1. The van der Waals surface area contributed by atoms with Crippen molar-refractivity contribution in [2.45, 2.75) is 32.2 Å². The molecule has 0 spiro atoms. The molecule has 126 valence electrons. The van der Waals surface area contributed by atoms with Crippen LogP contribution in [0.4, 0.5) is 5.69 Å². The van der Waals surface area contributed by atoms with Crippen LogP contribution in [0.2, 0.25) is 0 Å². The zero-order valence-electron chi connectivity index (χ0n) is 14.1. The van der Waals surface area contributed by atoms with E-state index in [9.17, 15) is 9.59 Å². The lowest BCUT2D eigenvalue weighted by Gasteiger charge is -2.23. The Morgan fingerprint density at radius 2 is 2.04 bits per heavy atom. The third kappa shape index (κ3) is 3.35. The number of benzene rings is 1. The van der Waals surface area contributed by atoms with Crippen molar-refractivity contribution in [2.24, 2.45) is 0 Å². The Balaban J connectivity index is 1.63. The molecule has 1 atom stereocenters. The number of furan rings is 1. The number of rotatable bonds is 5. The molecule has 2 amide bonds. The van der Waals surface area contributed by atoms with Crippen LogP contribution in [0, 0.1) is 0 Å². The second-order valence-electron chi connectivity index (χ2n) is 6.19. The lowest BCUT2D eigenvalue weighted by molar-refractivity contribution is -0.131. The minimum atomic E-state index is -0.103. The molecule has 5 heteroatoms. The van der Waals surface area contributed by atoms with E-state index in [1.807, 2.05) is 43.3 Å². The van der Waals surface area contributed by atoms with E-state index in [4.69, 9.17) is 4.42 Å². The lowest BCUT2D eigenvalue weighted by Crippen LogP contribution is -2.30. The first kappa shape index (κ1) is 16.3. The van der Waals surface area contributed by atoms with Crippen LogP contribution in [0.3, 0.4) is 0 Å². The van der Waals surface area contributed by atoms with Gasteiger partial charge in [-0.1, -0.05) is 12.1 Å². The van der Waals surface area contributed by atoms with Crippen molar-refractivity contribution in [1.29, 1.82) is 0 Å². The fourth-order valence-electron chi connectivity index (χ4n) is 2.95. The second kappa shape index (κ2) is 6.91. The normalized spacial score (nSPS) is 15.6. The molecule has 0 aliphatic carbocycles. The van der Waals surface area contributed by atoms with Gasteiger partial charge < -0.3 is 14.2 Å². The molecule has 1 aliphatic heterocycles. The summed E-state index contributed by atoms with van der Waals surface area (Å²) < 4.78 is 5.37. The Bertz CT molecular complexity index is 707. The molecule has 0 bridgehead atoms. The summed E-state index contributed by atoms with van der Waals surface area (Å²) in [7, 11) is 1.78. The van der Waals surface area contributed by atoms with Crippen molar-refractivity contribution in [3.8, 4) is 0 Å². The number of anilines is 1. The monoisotopic (exact) mass is 326 g/mol. The minimum Gasteiger partial charge on any atom is -0.467 e. The van der Waals surface area contributed by atoms with Crippen LogP contribution in [0.25, 0.3) is 0 Å². The third-order valence-corrected chi connectivity index (χ3v) is 4.61. The Hall–Kier alpha value is -2.56. The van der Waals surface area contributed by atoms with Gasteiger partial charge in [0, 0.05) is 25.7 Å². The van der Waals surface area contributed by atoms with Crippen molar-refractivity contribution in [1.82, 2.24) is 4.90 Å². The number of amides is 2. The Morgan fingerprint density at radius 3 is 2.62 bits per heavy atom. The molecule has 1 aromatic carbocycles. The molecular weight excluding hydrogens is 304 g/mol. The van der Waals surface area contributed by atoms with E-state index in [1.165, 1.54) is 0 Å². The molecule has 1 aliphatic rings. The van der Waals surface area contributed by atoms with Gasteiger partial charge in [-0.3, -0.25) is 9.59 Å². The van der Waals surface area contributed by atoms with Crippen LogP contribution in [-0.2, 0) is 16.0 Å². The highest BCUT2D eigenvalue weighted by Gasteiger charge is 2.22. The first-order valence-corrected chi connectivity index (χ1v) is 8.24. The van der Waals surface area contributed by atoms with Gasteiger partial charge in [0.25, 0.3) is 0 Å². The van der Waals surface area contributed by atoms with Gasteiger partial charge in [-0.05, 0) is 43.2 Å². The number of carbonyl (C=O) groups is 2. The predicted molar refractivity (Wildman–Crippen MR) is 91.6 cm³/mol. The molecule has 0 radical (unpaired) electrons. The maximum Gasteiger partial charge on any atom is 0.227 e. The standard InChI is InChI=1S/C19H22N2O3/c1-14(17-5-4-12-24-17)20(2)19(23)13-15-7-9-16(10-8-15)21-11-3-6-18(21)22/h4-5,7-10,12,14H,3,6,11,13H2,1-2H3. The topological polar surface area (TPSA) is 53.8 Å². The molecule has 3 rings (SSSR count). The highest BCUT2D eigenvalue weighted by atomic mass is 16.3. The van der Waals surface area contributed by atoms with Crippen LogP contribution in [-0.4, -0.2) is 30.3 Å². The van der Waals surface area contributed by atoms with Gasteiger partial charge in [0.15, 0.2) is 0 Å². The summed E-state index contributed by atoms with van der Waals surface area (Å²) in [6, 6.07) is 11.3. The van der Waals surface area contributed by atoms with E-state index in [2.05, 4.69) is 0 Å². The van der Waals surface area contributed by atoms with E-state index in [0.717, 1.165) is 30.0 Å². The summed E-state index contributed by atoms with van der Waals surface area (Å²) in [4.78, 5) is 27.7. The van der Waals surface area contributed by atoms with Gasteiger partial charge >= 0.3 is 0 Å². The molecule has 2 heterocycles. The lowest BCUT2D eigenvalue weighted by atomic mass is 10.1. The maximum absolute atomic E-state index is 12.5. The highest BCUT2D eigenvalue weighted by Crippen LogP contribution is 2.23. The quantitative estimate of drug-likeness (QED) is 0.848. The van der Waals surface area contributed by atoms with Gasteiger partial charge in [0.1, 0.15) is 5.76 Å². The van der Waals surface area contributed by atoms with Gasteiger partial charge in [-0.2, -0.15) is 0 Å². The number of hydrogen-bond acceptors (Lipinski definition) is 3. The van der Waals surface area contributed by atoms with Crippen molar-refractivity contribution in [2.75, 3.05) is 18.5 Å². The van der Waals surface area contributed by atoms with Crippen LogP contribution in [0.5, 0.6) is 0 Å². The van der Waals surface area contributed by atoms with Crippen LogP contribution >= 0.6 is 0 Å². The summed E-state index contributed by atoms with van der Waals surface area (Å²) >= 11 is 0. The SMILES string of the molecule is CC(c1ccco1)N(C)C(=O)Cc1ccc(N2CCCC2=O)cc1. The molecule has 24 heavy (non-hydrogen) atoms. The first-order valence-electron chi connectivity index (χ1n) is 8.24. The average molecular weight is 326 g/mol. The third-order valence-electron chi connectivity index (χ3n) is 4.61. The van der Waals surface area contributed by atoms with Gasteiger partial charge in [0.2, 0.25) is 11.8 Å². The minimum absolute atomic E-state index is 0.0314. The highest BCUT2D eigenvalue weighted by molar-refractivity contribution is 5.95. The van der Waals surface area contributed by atoms with E-state index in [0.29, 0.717) is 12.8 Å². The van der Waals surface area contributed by atoms with Gasteiger partial charge in [-0.25, -0.2) is 0 Å². The first-order chi connectivity index (χ1) is 11.6. The summed E-state index contributed by atoms with van der Waals surface area (Å²) in [5, 5.41) is 0. The molecule has 0 N–H and O–H groups in total. The number of nitrogens with zero attached hydrogens (tertiary/aromatic N) is 2. The number of carbonyl (C=O) groups excluding carboxylic acids is 2. The van der Waals surface area contributed by atoms with Crippen molar-refractivity contribution in [3.05, 3.63) is 54.0 Å². The van der Waals surface area contributed by atoms with Crippen molar-refractivity contribution < 1.29 is 14.0 Å². The van der Waals surface area contributed by atoms with Crippen molar-refractivity contribution in [3.63, 3.8) is 0 Å². The molecule has 1 unspecified atom stereocenters. The second-order valence-corrected chi connectivity index (χ2v) is 6.19. The largest absolute Gasteiger partial charge is 0.467 e. The van der Waals surface area contributed by atoms with E-state index >= 15 is 0 Å². The molecule has 1 saturated heterocycles. The van der Waals surface area contributed by atoms with E-state index in [-0.39, 0.29) is 17.9 Å². The molecule has 0 saturated carbocycles. The molecular formula is C19H22N2O3. The molecule has 2 aromatic rings. The van der Waals surface area contributed by atoms with E-state index < -0.39 is 0 Å².